The van der Waals surface area contributed by atoms with Crippen LogP contribution in [0.1, 0.15) is 47.1 Å². The third-order valence-corrected chi connectivity index (χ3v) is 5.79. The molecule has 6 nitrogen and oxygen atoms in total. The number of benzene rings is 1. The molecule has 0 atom stereocenters. The number of rotatable bonds is 4. The highest BCUT2D eigenvalue weighted by molar-refractivity contribution is 8.00. The summed E-state index contributed by atoms with van der Waals surface area (Å²) in [7, 11) is 1.37. The van der Waals surface area contributed by atoms with E-state index in [-0.39, 0.29) is 17.1 Å². The van der Waals surface area contributed by atoms with E-state index in [1.807, 2.05) is 57.2 Å². The molecule has 0 amide bonds. The number of fused-ring (bicyclic) bond motifs is 1. The highest BCUT2D eigenvalue weighted by Gasteiger charge is 2.24. The van der Waals surface area contributed by atoms with E-state index in [9.17, 15) is 9.59 Å². The number of esters is 1. The Morgan fingerprint density at radius 2 is 1.75 bits per heavy atom. The van der Waals surface area contributed by atoms with Gasteiger partial charge in [-0.1, -0.05) is 20.8 Å². The lowest BCUT2D eigenvalue weighted by Gasteiger charge is -2.22. The van der Waals surface area contributed by atoms with Gasteiger partial charge < -0.3 is 9.47 Å². The molecule has 170 valence electrons. The quantitative estimate of drug-likeness (QED) is 0.353. The molecule has 3 rings (SSSR count). The molecule has 0 unspecified atom stereocenters. The Balaban J connectivity index is 2.14. The zero-order valence-corrected chi connectivity index (χ0v) is 20.5. The van der Waals surface area contributed by atoms with Crippen molar-refractivity contribution in [3.05, 3.63) is 48.2 Å². The van der Waals surface area contributed by atoms with E-state index in [0.29, 0.717) is 11.4 Å². The van der Waals surface area contributed by atoms with Crippen LogP contribution in [0.5, 0.6) is 0 Å². The van der Waals surface area contributed by atoms with Crippen LogP contribution in [0.4, 0.5) is 4.79 Å². The van der Waals surface area contributed by atoms with Gasteiger partial charge >= 0.3 is 12.1 Å². The number of pyridine rings is 1. The normalized spacial score (nSPS) is 12.1. The maximum Gasteiger partial charge on any atom is 0.419 e. The van der Waals surface area contributed by atoms with Crippen LogP contribution in [0.15, 0.2) is 47.5 Å². The van der Waals surface area contributed by atoms with Crippen molar-refractivity contribution < 1.29 is 19.1 Å². The van der Waals surface area contributed by atoms with Gasteiger partial charge in [0.2, 0.25) is 0 Å². The van der Waals surface area contributed by atoms with Crippen molar-refractivity contribution in [1.82, 2.24) is 9.55 Å². The van der Waals surface area contributed by atoms with Crippen molar-refractivity contribution in [2.45, 2.75) is 57.5 Å². The molecular weight excluding hydrogens is 424 g/mol. The monoisotopic (exact) mass is 454 g/mol. The Labute approximate surface area is 193 Å². The predicted molar refractivity (Wildman–Crippen MR) is 128 cm³/mol. The highest BCUT2D eigenvalue weighted by Crippen LogP contribution is 2.33. The number of carbonyl (C=O) groups is 2. The molecule has 0 aliphatic rings. The summed E-state index contributed by atoms with van der Waals surface area (Å²) in [4.78, 5) is 30.2. The first-order valence-electron chi connectivity index (χ1n) is 10.4. The average Bonchev–Trinajstić information content (AvgIpc) is 3.09. The van der Waals surface area contributed by atoms with Gasteiger partial charge in [-0.2, -0.15) is 0 Å². The van der Waals surface area contributed by atoms with Gasteiger partial charge in [0.1, 0.15) is 5.60 Å². The molecule has 2 heterocycles. The van der Waals surface area contributed by atoms with E-state index in [2.05, 4.69) is 25.8 Å². The van der Waals surface area contributed by atoms with Crippen molar-refractivity contribution in [2.75, 3.05) is 12.9 Å². The third-order valence-electron chi connectivity index (χ3n) is 4.82. The van der Waals surface area contributed by atoms with E-state index in [4.69, 9.17) is 9.47 Å². The Morgan fingerprint density at radius 1 is 1.03 bits per heavy atom. The first-order valence-corrected chi connectivity index (χ1v) is 11.4. The Hall–Kier alpha value is -2.80. The molecular formula is C25H30N2O4S. The number of carbonyl (C=O) groups excluding carboxylic acids is 2. The Kier molecular flexibility index (Phi) is 6.69. The van der Waals surface area contributed by atoms with Gasteiger partial charge in [0.25, 0.3) is 0 Å². The predicted octanol–water partition coefficient (Wildman–Crippen LogP) is 6.05. The van der Waals surface area contributed by atoms with E-state index >= 15 is 0 Å². The summed E-state index contributed by atoms with van der Waals surface area (Å²) in [6.45, 7) is 11.9. The van der Waals surface area contributed by atoms with E-state index in [1.165, 1.54) is 18.9 Å². The van der Waals surface area contributed by atoms with Gasteiger partial charge in [-0.05, 0) is 68.1 Å². The standard InChI is InChI=1S/C25H30N2O4S/c1-24(2,3)17-10-11-26-19(14-17)21-13-16-12-18(32-15-22(28)30-7)8-9-20(16)27(21)23(29)31-25(4,5)6/h8-14H,15H2,1-7H3. The fourth-order valence-electron chi connectivity index (χ4n) is 3.21. The van der Waals surface area contributed by atoms with E-state index in [0.717, 1.165) is 21.4 Å². The lowest BCUT2D eigenvalue weighted by molar-refractivity contribution is -0.137. The van der Waals surface area contributed by atoms with Crippen molar-refractivity contribution in [1.29, 1.82) is 0 Å². The lowest BCUT2D eigenvalue weighted by atomic mass is 9.87. The minimum atomic E-state index is -0.637. The van der Waals surface area contributed by atoms with E-state index < -0.39 is 11.7 Å². The van der Waals surface area contributed by atoms with Crippen LogP contribution in [0.25, 0.3) is 22.3 Å². The fraction of sp³-hybridized carbons (Fsp3) is 0.400. The zero-order chi connectivity index (χ0) is 23.7. The molecule has 0 aliphatic heterocycles. The maximum absolute atomic E-state index is 13.2. The first kappa shape index (κ1) is 23.9. The average molecular weight is 455 g/mol. The maximum atomic E-state index is 13.2. The Morgan fingerprint density at radius 3 is 2.38 bits per heavy atom. The van der Waals surface area contributed by atoms with Gasteiger partial charge in [0.05, 0.1) is 29.8 Å². The van der Waals surface area contributed by atoms with Gasteiger partial charge in [-0.15, -0.1) is 11.8 Å². The van der Waals surface area contributed by atoms with Crippen molar-refractivity contribution >= 4 is 34.7 Å². The van der Waals surface area contributed by atoms with Crippen molar-refractivity contribution in [3.63, 3.8) is 0 Å². The van der Waals surface area contributed by atoms with Crippen molar-refractivity contribution in [3.8, 4) is 11.4 Å². The van der Waals surface area contributed by atoms with E-state index in [1.54, 1.807) is 10.8 Å². The van der Waals surface area contributed by atoms with Gasteiger partial charge in [0.15, 0.2) is 0 Å². The van der Waals surface area contributed by atoms with Crippen LogP contribution >= 0.6 is 11.8 Å². The smallest absolute Gasteiger partial charge is 0.419 e. The second kappa shape index (κ2) is 8.98. The third kappa shape index (κ3) is 5.51. The molecule has 7 heteroatoms. The Bertz CT molecular complexity index is 1150. The topological polar surface area (TPSA) is 70.4 Å². The molecule has 0 aliphatic carbocycles. The van der Waals surface area contributed by atoms with Crippen LogP contribution in [0.2, 0.25) is 0 Å². The van der Waals surface area contributed by atoms with Crippen LogP contribution in [0.3, 0.4) is 0 Å². The van der Waals surface area contributed by atoms with Gasteiger partial charge in [-0.25, -0.2) is 9.36 Å². The van der Waals surface area contributed by atoms with Gasteiger partial charge in [0, 0.05) is 16.5 Å². The SMILES string of the molecule is COC(=O)CSc1ccc2c(c1)cc(-c1cc(C(C)(C)C)ccn1)n2C(=O)OC(C)(C)C. The second-order valence-corrected chi connectivity index (χ2v) is 10.7. The molecule has 3 aromatic rings. The minimum Gasteiger partial charge on any atom is -0.468 e. The number of nitrogens with zero attached hydrogens (tertiary/aromatic N) is 2. The molecule has 0 fully saturated rings. The van der Waals surface area contributed by atoms with Crippen LogP contribution in [0, 0.1) is 0 Å². The van der Waals surface area contributed by atoms with Gasteiger partial charge in [-0.3, -0.25) is 9.78 Å². The summed E-state index contributed by atoms with van der Waals surface area (Å²) in [5.41, 5.74) is 2.51. The molecule has 32 heavy (non-hydrogen) atoms. The number of hydrogen-bond donors (Lipinski definition) is 0. The van der Waals surface area contributed by atoms with Crippen LogP contribution in [-0.2, 0) is 19.7 Å². The lowest BCUT2D eigenvalue weighted by Crippen LogP contribution is -2.27. The molecule has 0 N–H and O–H groups in total. The number of methoxy groups -OCH3 is 1. The summed E-state index contributed by atoms with van der Waals surface area (Å²) in [5.74, 6) is -0.0677. The fourth-order valence-corrected chi connectivity index (χ4v) is 3.99. The summed E-state index contributed by atoms with van der Waals surface area (Å²) in [6.07, 6.45) is 1.31. The first-order chi connectivity index (χ1) is 14.9. The number of aromatic nitrogens is 2. The van der Waals surface area contributed by atoms with Crippen LogP contribution in [-0.4, -0.2) is 40.1 Å². The molecule has 0 spiro atoms. The minimum absolute atomic E-state index is 0.0574. The molecule has 0 saturated heterocycles. The summed E-state index contributed by atoms with van der Waals surface area (Å²) in [5, 5.41) is 0.865. The number of thioether (sulfide) groups is 1. The second-order valence-electron chi connectivity index (χ2n) is 9.61. The summed E-state index contributed by atoms with van der Waals surface area (Å²) < 4.78 is 12.0. The summed E-state index contributed by atoms with van der Waals surface area (Å²) >= 11 is 1.39. The van der Waals surface area contributed by atoms with Crippen LogP contribution < -0.4 is 0 Å². The molecule has 2 aromatic heterocycles. The number of hydrogen-bond acceptors (Lipinski definition) is 6. The molecule has 0 radical (unpaired) electrons. The zero-order valence-electron chi connectivity index (χ0n) is 19.7. The largest absolute Gasteiger partial charge is 0.468 e. The molecule has 0 bridgehead atoms. The van der Waals surface area contributed by atoms with Crippen molar-refractivity contribution in [2.24, 2.45) is 0 Å². The summed E-state index contributed by atoms with van der Waals surface area (Å²) in [6, 6.07) is 11.7. The highest BCUT2D eigenvalue weighted by atomic mass is 32.2. The number of ether oxygens (including phenoxy) is 2. The molecule has 0 saturated carbocycles. The molecule has 1 aromatic carbocycles.